The lowest BCUT2D eigenvalue weighted by molar-refractivity contribution is -0.137. The fourth-order valence-corrected chi connectivity index (χ4v) is 2.25. The second-order valence-electron chi connectivity index (χ2n) is 4.31. The molecule has 0 atom stereocenters. The fourth-order valence-electron chi connectivity index (χ4n) is 1.64. The molecule has 108 valence electrons. The van der Waals surface area contributed by atoms with Crippen molar-refractivity contribution in [2.45, 2.75) is 32.5 Å². The molecular formula is C13H14F3N3S. The first kappa shape index (κ1) is 14.8. The van der Waals surface area contributed by atoms with E-state index >= 15 is 0 Å². The topological polar surface area (TPSA) is 37.8 Å². The monoisotopic (exact) mass is 301 g/mol. The van der Waals surface area contributed by atoms with Gasteiger partial charge >= 0.3 is 6.18 Å². The highest BCUT2D eigenvalue weighted by Gasteiger charge is 2.29. The summed E-state index contributed by atoms with van der Waals surface area (Å²) in [6.07, 6.45) is -2.48. The molecular weight excluding hydrogens is 287 g/mol. The number of alkyl halides is 3. The number of hydrogen-bond donors (Lipinski definition) is 1. The van der Waals surface area contributed by atoms with Gasteiger partial charge in [0, 0.05) is 24.5 Å². The van der Waals surface area contributed by atoms with Gasteiger partial charge in [-0.15, -0.1) is 0 Å². The summed E-state index contributed by atoms with van der Waals surface area (Å²) < 4.78 is 41.4. The molecule has 0 aliphatic rings. The molecule has 0 radical (unpaired) electrons. The first-order valence-electron chi connectivity index (χ1n) is 6.21. The third kappa shape index (κ3) is 3.93. The lowest BCUT2D eigenvalue weighted by Crippen LogP contribution is -2.05. The van der Waals surface area contributed by atoms with Crippen LogP contribution in [0.4, 0.5) is 18.3 Å². The van der Waals surface area contributed by atoms with Gasteiger partial charge < -0.3 is 5.32 Å². The summed E-state index contributed by atoms with van der Waals surface area (Å²) in [5.74, 6) is 0.799. The number of aryl methyl sites for hydroxylation is 1. The molecule has 1 aromatic carbocycles. The molecule has 1 heterocycles. The summed E-state index contributed by atoms with van der Waals surface area (Å²) in [5, 5.41) is 3.75. The maximum absolute atomic E-state index is 12.4. The van der Waals surface area contributed by atoms with E-state index in [0.717, 1.165) is 36.4 Å². The Labute approximate surface area is 119 Å². The third-order valence-electron chi connectivity index (χ3n) is 2.67. The molecule has 0 saturated heterocycles. The van der Waals surface area contributed by atoms with Crippen LogP contribution in [0.2, 0.25) is 0 Å². The average Bonchev–Trinajstić information content (AvgIpc) is 2.84. The van der Waals surface area contributed by atoms with Crippen molar-refractivity contribution in [3.8, 4) is 0 Å². The van der Waals surface area contributed by atoms with Gasteiger partial charge in [0.25, 0.3) is 0 Å². The molecule has 0 saturated carbocycles. The number of rotatable bonds is 5. The van der Waals surface area contributed by atoms with E-state index in [1.807, 2.05) is 0 Å². The van der Waals surface area contributed by atoms with Crippen molar-refractivity contribution >= 4 is 16.7 Å². The highest BCUT2D eigenvalue weighted by atomic mass is 32.1. The largest absolute Gasteiger partial charge is 0.416 e. The van der Waals surface area contributed by atoms with Gasteiger partial charge in [-0.25, -0.2) is 4.98 Å². The quantitative estimate of drug-likeness (QED) is 0.902. The van der Waals surface area contributed by atoms with Crippen molar-refractivity contribution in [1.29, 1.82) is 0 Å². The van der Waals surface area contributed by atoms with E-state index in [-0.39, 0.29) is 0 Å². The molecule has 0 amide bonds. The van der Waals surface area contributed by atoms with Gasteiger partial charge in [0.2, 0.25) is 5.13 Å². The zero-order valence-electron chi connectivity index (χ0n) is 10.9. The standard InChI is InChI=1S/C13H14F3N3S/c1-2-3-11-18-12(20-19-11)17-8-9-4-6-10(7-5-9)13(14,15)16/h4-7H,2-3,8H2,1H3,(H,17,18,19). The number of halogens is 3. The maximum Gasteiger partial charge on any atom is 0.416 e. The van der Waals surface area contributed by atoms with E-state index in [1.54, 1.807) is 0 Å². The molecule has 0 bridgehead atoms. The Balaban J connectivity index is 1.93. The summed E-state index contributed by atoms with van der Waals surface area (Å²) in [6, 6.07) is 5.09. The molecule has 0 fully saturated rings. The lowest BCUT2D eigenvalue weighted by atomic mass is 10.1. The number of anilines is 1. The zero-order valence-corrected chi connectivity index (χ0v) is 11.7. The number of aromatic nitrogens is 2. The van der Waals surface area contributed by atoms with E-state index in [2.05, 4.69) is 21.6 Å². The van der Waals surface area contributed by atoms with E-state index < -0.39 is 11.7 Å². The predicted octanol–water partition coefficient (Wildman–Crippen LogP) is 4.12. The van der Waals surface area contributed by atoms with Crippen LogP contribution in [0.5, 0.6) is 0 Å². The normalized spacial score (nSPS) is 11.6. The van der Waals surface area contributed by atoms with Crippen LogP contribution < -0.4 is 5.32 Å². The molecule has 1 N–H and O–H groups in total. The number of benzene rings is 1. The molecule has 2 rings (SSSR count). The van der Waals surface area contributed by atoms with Crippen LogP contribution in [0.1, 0.15) is 30.3 Å². The third-order valence-corrected chi connectivity index (χ3v) is 3.38. The number of hydrogen-bond acceptors (Lipinski definition) is 4. The van der Waals surface area contributed by atoms with Crippen LogP contribution in [0.3, 0.4) is 0 Å². The van der Waals surface area contributed by atoms with Gasteiger partial charge in [-0.3, -0.25) is 0 Å². The molecule has 0 aliphatic carbocycles. The molecule has 0 unspecified atom stereocenters. The van der Waals surface area contributed by atoms with Crippen molar-refractivity contribution in [2.24, 2.45) is 0 Å². The minimum atomic E-state index is -4.29. The summed E-state index contributed by atoms with van der Waals surface area (Å²) in [6.45, 7) is 2.48. The summed E-state index contributed by atoms with van der Waals surface area (Å²) >= 11 is 1.26. The molecule has 20 heavy (non-hydrogen) atoms. The predicted molar refractivity (Wildman–Crippen MR) is 72.7 cm³/mol. The minimum Gasteiger partial charge on any atom is -0.356 e. The van der Waals surface area contributed by atoms with Gasteiger partial charge in [-0.05, 0) is 24.1 Å². The SMILES string of the molecule is CCCc1nsc(NCc2ccc(C(F)(F)F)cc2)n1. The Bertz CT molecular complexity index is 549. The Morgan fingerprint density at radius 2 is 1.90 bits per heavy atom. The highest BCUT2D eigenvalue weighted by Crippen LogP contribution is 2.29. The molecule has 0 spiro atoms. The molecule has 3 nitrogen and oxygen atoms in total. The van der Waals surface area contributed by atoms with Gasteiger partial charge in [-0.1, -0.05) is 19.1 Å². The van der Waals surface area contributed by atoms with E-state index in [0.29, 0.717) is 11.7 Å². The highest BCUT2D eigenvalue weighted by molar-refractivity contribution is 7.09. The van der Waals surface area contributed by atoms with Crippen LogP contribution in [0, 0.1) is 0 Å². The molecule has 0 aliphatic heterocycles. The van der Waals surface area contributed by atoms with E-state index in [9.17, 15) is 13.2 Å². The Hall–Kier alpha value is -1.63. The van der Waals surface area contributed by atoms with Gasteiger partial charge in [0.15, 0.2) is 0 Å². The molecule has 2 aromatic rings. The van der Waals surface area contributed by atoms with Crippen molar-refractivity contribution in [1.82, 2.24) is 9.36 Å². The van der Waals surface area contributed by atoms with Gasteiger partial charge in [0.05, 0.1) is 5.56 Å². The zero-order chi connectivity index (χ0) is 14.6. The van der Waals surface area contributed by atoms with Gasteiger partial charge in [-0.2, -0.15) is 17.5 Å². The second kappa shape index (κ2) is 6.21. The lowest BCUT2D eigenvalue weighted by Gasteiger charge is -2.07. The van der Waals surface area contributed by atoms with Crippen LogP contribution in [-0.4, -0.2) is 9.36 Å². The number of nitrogens with zero attached hydrogens (tertiary/aromatic N) is 2. The van der Waals surface area contributed by atoms with Crippen molar-refractivity contribution in [3.05, 3.63) is 41.2 Å². The Morgan fingerprint density at radius 3 is 2.50 bits per heavy atom. The Kier molecular flexibility index (Phi) is 4.59. The summed E-state index contributed by atoms with van der Waals surface area (Å²) in [4.78, 5) is 4.29. The van der Waals surface area contributed by atoms with E-state index in [1.165, 1.54) is 23.7 Å². The van der Waals surface area contributed by atoms with Crippen LogP contribution in [-0.2, 0) is 19.1 Å². The van der Waals surface area contributed by atoms with E-state index in [4.69, 9.17) is 0 Å². The van der Waals surface area contributed by atoms with Crippen LogP contribution in [0.25, 0.3) is 0 Å². The van der Waals surface area contributed by atoms with Crippen LogP contribution >= 0.6 is 11.5 Å². The maximum atomic E-state index is 12.4. The minimum absolute atomic E-state index is 0.429. The first-order chi connectivity index (χ1) is 9.49. The van der Waals surface area contributed by atoms with Crippen LogP contribution in [0.15, 0.2) is 24.3 Å². The fraction of sp³-hybridized carbons (Fsp3) is 0.385. The van der Waals surface area contributed by atoms with Crippen molar-refractivity contribution < 1.29 is 13.2 Å². The average molecular weight is 301 g/mol. The number of nitrogens with one attached hydrogen (secondary N) is 1. The smallest absolute Gasteiger partial charge is 0.356 e. The Morgan fingerprint density at radius 1 is 1.20 bits per heavy atom. The molecule has 7 heteroatoms. The van der Waals surface area contributed by atoms with Crippen molar-refractivity contribution in [2.75, 3.05) is 5.32 Å². The summed E-state index contributed by atoms with van der Waals surface area (Å²) in [5.41, 5.74) is 0.132. The first-order valence-corrected chi connectivity index (χ1v) is 6.99. The van der Waals surface area contributed by atoms with Gasteiger partial charge in [0.1, 0.15) is 5.82 Å². The van der Waals surface area contributed by atoms with Crippen molar-refractivity contribution in [3.63, 3.8) is 0 Å². The second-order valence-corrected chi connectivity index (χ2v) is 5.07. The summed E-state index contributed by atoms with van der Waals surface area (Å²) in [7, 11) is 0. The molecule has 1 aromatic heterocycles.